The van der Waals surface area contributed by atoms with Gasteiger partial charge in [0.05, 0.1) is 6.42 Å². The van der Waals surface area contributed by atoms with Crippen LogP contribution in [0.3, 0.4) is 0 Å². The summed E-state index contributed by atoms with van der Waals surface area (Å²) in [6.07, 6.45) is 1.22. The number of para-hydroxylation sites is 1. The van der Waals surface area contributed by atoms with E-state index in [4.69, 9.17) is 9.47 Å². The number of benzene rings is 2. The van der Waals surface area contributed by atoms with E-state index in [1.54, 1.807) is 36.4 Å². The third kappa shape index (κ3) is 7.19. The second-order valence-electron chi connectivity index (χ2n) is 7.54. The molecular weight excluding hydrogens is 438 g/mol. The van der Waals surface area contributed by atoms with E-state index in [1.807, 2.05) is 24.3 Å². The molecule has 2 aromatic rings. The minimum Gasteiger partial charge on any atom is -0.490 e. The van der Waals surface area contributed by atoms with Gasteiger partial charge in [0.2, 0.25) is 11.8 Å². The molecular formula is C25H27N3O6. The first-order valence-corrected chi connectivity index (χ1v) is 10.9. The number of nitrogens with one attached hydrogen (secondary N) is 2. The number of carbonyl (C=O) groups excluding carboxylic acids is 4. The molecule has 3 amide bonds. The Morgan fingerprint density at radius 1 is 1.06 bits per heavy atom. The molecule has 0 unspecified atom stereocenters. The number of carbonyl (C=O) groups is 4. The SMILES string of the molecule is CC(=O)N/C(=C/c1ccccc1)C(=O)N1CCNC(=O)[C@@H]1CC(=O)OCCOc1ccccc1. The molecule has 1 heterocycles. The van der Waals surface area contributed by atoms with E-state index in [1.165, 1.54) is 17.9 Å². The van der Waals surface area contributed by atoms with Crippen molar-refractivity contribution in [2.45, 2.75) is 19.4 Å². The number of hydrogen-bond donors (Lipinski definition) is 2. The number of piperazine rings is 1. The highest BCUT2D eigenvalue weighted by Gasteiger charge is 2.36. The molecule has 2 aromatic carbocycles. The lowest BCUT2D eigenvalue weighted by Gasteiger charge is -2.35. The van der Waals surface area contributed by atoms with Crippen LogP contribution >= 0.6 is 0 Å². The molecule has 0 radical (unpaired) electrons. The molecule has 2 N–H and O–H groups in total. The molecule has 1 fully saturated rings. The first-order valence-electron chi connectivity index (χ1n) is 10.9. The van der Waals surface area contributed by atoms with Crippen LogP contribution in [0, 0.1) is 0 Å². The molecule has 3 rings (SSSR count). The predicted molar refractivity (Wildman–Crippen MR) is 124 cm³/mol. The molecule has 1 saturated heterocycles. The number of esters is 1. The zero-order valence-electron chi connectivity index (χ0n) is 18.9. The van der Waals surface area contributed by atoms with E-state index in [-0.39, 0.29) is 38.4 Å². The second-order valence-corrected chi connectivity index (χ2v) is 7.54. The van der Waals surface area contributed by atoms with Crippen molar-refractivity contribution in [1.29, 1.82) is 0 Å². The van der Waals surface area contributed by atoms with Crippen LogP contribution in [0.2, 0.25) is 0 Å². The number of nitrogens with zero attached hydrogens (tertiary/aromatic N) is 1. The number of hydrogen-bond acceptors (Lipinski definition) is 6. The van der Waals surface area contributed by atoms with Crippen LogP contribution in [0.15, 0.2) is 66.4 Å². The monoisotopic (exact) mass is 465 g/mol. The summed E-state index contributed by atoms with van der Waals surface area (Å²) in [5.41, 5.74) is 0.721. The van der Waals surface area contributed by atoms with Crippen LogP contribution in [-0.4, -0.2) is 60.9 Å². The van der Waals surface area contributed by atoms with Crippen molar-refractivity contribution in [3.05, 3.63) is 71.9 Å². The number of ether oxygens (including phenoxy) is 2. The summed E-state index contributed by atoms with van der Waals surface area (Å²) >= 11 is 0. The van der Waals surface area contributed by atoms with E-state index in [2.05, 4.69) is 10.6 Å². The Morgan fingerprint density at radius 3 is 2.41 bits per heavy atom. The van der Waals surface area contributed by atoms with Gasteiger partial charge in [-0.15, -0.1) is 0 Å². The van der Waals surface area contributed by atoms with Gasteiger partial charge in [0.15, 0.2) is 0 Å². The first kappa shape index (κ1) is 24.5. The van der Waals surface area contributed by atoms with Crippen molar-refractivity contribution < 1.29 is 28.7 Å². The number of rotatable bonds is 9. The smallest absolute Gasteiger partial charge is 0.308 e. The molecule has 34 heavy (non-hydrogen) atoms. The third-order valence-corrected chi connectivity index (χ3v) is 4.96. The summed E-state index contributed by atoms with van der Waals surface area (Å²) in [5.74, 6) is -1.42. The fraction of sp³-hybridized carbons (Fsp3) is 0.280. The van der Waals surface area contributed by atoms with Crippen molar-refractivity contribution in [1.82, 2.24) is 15.5 Å². The molecule has 178 valence electrons. The van der Waals surface area contributed by atoms with Gasteiger partial charge in [0, 0.05) is 20.0 Å². The lowest BCUT2D eigenvalue weighted by molar-refractivity contribution is -0.151. The minimum atomic E-state index is -1.06. The molecule has 0 aromatic heterocycles. The predicted octanol–water partition coefficient (Wildman–Crippen LogP) is 1.50. The maximum Gasteiger partial charge on any atom is 0.308 e. The zero-order chi connectivity index (χ0) is 24.3. The van der Waals surface area contributed by atoms with E-state index in [9.17, 15) is 19.2 Å². The molecule has 0 bridgehead atoms. The van der Waals surface area contributed by atoms with Crippen molar-refractivity contribution >= 4 is 29.8 Å². The van der Waals surface area contributed by atoms with Crippen molar-refractivity contribution in [2.75, 3.05) is 26.3 Å². The molecule has 0 spiro atoms. The average Bonchev–Trinajstić information content (AvgIpc) is 2.83. The van der Waals surface area contributed by atoms with Crippen LogP contribution < -0.4 is 15.4 Å². The Bertz CT molecular complexity index is 1040. The Labute approximate surface area is 197 Å². The van der Waals surface area contributed by atoms with Gasteiger partial charge in [-0.1, -0.05) is 48.5 Å². The summed E-state index contributed by atoms with van der Waals surface area (Å²) in [6.45, 7) is 1.87. The molecule has 0 aliphatic carbocycles. The fourth-order valence-corrected chi connectivity index (χ4v) is 3.42. The van der Waals surface area contributed by atoms with E-state index in [0.717, 1.165) is 0 Å². The highest BCUT2D eigenvalue weighted by molar-refractivity contribution is 6.03. The standard InChI is InChI=1S/C25H27N3O6/c1-18(29)27-21(16-19-8-4-2-5-9-19)25(32)28-13-12-26-24(31)22(28)17-23(30)34-15-14-33-20-10-6-3-7-11-20/h2-11,16,22H,12-15,17H2,1H3,(H,26,31)(H,27,29)/b21-16+/t22-/m0/s1. The van der Waals surface area contributed by atoms with Crippen LogP contribution in [-0.2, 0) is 23.9 Å². The van der Waals surface area contributed by atoms with Gasteiger partial charge in [0.25, 0.3) is 5.91 Å². The van der Waals surface area contributed by atoms with Crippen molar-refractivity contribution in [2.24, 2.45) is 0 Å². The molecule has 9 nitrogen and oxygen atoms in total. The molecule has 1 atom stereocenters. The lowest BCUT2D eigenvalue weighted by atomic mass is 10.1. The van der Waals surface area contributed by atoms with Gasteiger partial charge in [-0.2, -0.15) is 0 Å². The van der Waals surface area contributed by atoms with Crippen LogP contribution in [0.4, 0.5) is 0 Å². The van der Waals surface area contributed by atoms with E-state index < -0.39 is 29.7 Å². The van der Waals surface area contributed by atoms with Gasteiger partial charge in [0.1, 0.15) is 30.7 Å². The highest BCUT2D eigenvalue weighted by atomic mass is 16.6. The maximum atomic E-state index is 13.3. The number of amides is 3. The Balaban J connectivity index is 1.64. The van der Waals surface area contributed by atoms with Crippen LogP contribution in [0.1, 0.15) is 18.9 Å². The quantitative estimate of drug-likeness (QED) is 0.330. The van der Waals surface area contributed by atoms with Crippen LogP contribution in [0.25, 0.3) is 6.08 Å². The first-order chi connectivity index (χ1) is 16.4. The lowest BCUT2D eigenvalue weighted by Crippen LogP contribution is -2.58. The summed E-state index contributed by atoms with van der Waals surface area (Å²) in [4.78, 5) is 51.2. The largest absolute Gasteiger partial charge is 0.490 e. The van der Waals surface area contributed by atoms with Crippen LogP contribution in [0.5, 0.6) is 5.75 Å². The van der Waals surface area contributed by atoms with Crippen molar-refractivity contribution in [3.63, 3.8) is 0 Å². The van der Waals surface area contributed by atoms with Gasteiger partial charge in [-0.25, -0.2) is 0 Å². The summed E-state index contributed by atoms with van der Waals surface area (Å²) in [5, 5.41) is 5.21. The molecule has 0 saturated carbocycles. The van der Waals surface area contributed by atoms with Gasteiger partial charge in [-0.3, -0.25) is 19.2 Å². The Hall–Kier alpha value is -4.14. The van der Waals surface area contributed by atoms with Crippen molar-refractivity contribution in [3.8, 4) is 5.75 Å². The summed E-state index contributed by atoms with van der Waals surface area (Å²) < 4.78 is 10.7. The minimum absolute atomic E-state index is 0.00106. The Kier molecular flexibility index (Phi) is 8.79. The molecule has 1 aliphatic rings. The Morgan fingerprint density at radius 2 is 1.74 bits per heavy atom. The van der Waals surface area contributed by atoms with Gasteiger partial charge >= 0.3 is 5.97 Å². The third-order valence-electron chi connectivity index (χ3n) is 4.96. The van der Waals surface area contributed by atoms with Gasteiger partial charge < -0.3 is 25.0 Å². The summed E-state index contributed by atoms with van der Waals surface area (Å²) in [7, 11) is 0. The fourth-order valence-electron chi connectivity index (χ4n) is 3.42. The average molecular weight is 466 g/mol. The zero-order valence-corrected chi connectivity index (χ0v) is 18.9. The van der Waals surface area contributed by atoms with E-state index in [0.29, 0.717) is 11.3 Å². The topological polar surface area (TPSA) is 114 Å². The molecule has 1 aliphatic heterocycles. The normalized spacial score (nSPS) is 15.8. The second kappa shape index (κ2) is 12.2. The summed E-state index contributed by atoms with van der Waals surface area (Å²) in [6, 6.07) is 17.0. The van der Waals surface area contributed by atoms with E-state index >= 15 is 0 Å². The highest BCUT2D eigenvalue weighted by Crippen LogP contribution is 2.15. The molecule has 9 heteroatoms. The van der Waals surface area contributed by atoms with Gasteiger partial charge in [-0.05, 0) is 23.8 Å². The maximum absolute atomic E-state index is 13.3.